The summed E-state index contributed by atoms with van der Waals surface area (Å²) >= 11 is 0. The largest absolute Gasteiger partial charge is 0.490 e. The van der Waals surface area contributed by atoms with Crippen LogP contribution < -0.4 is 4.74 Å². The minimum Gasteiger partial charge on any atom is -0.490 e. The summed E-state index contributed by atoms with van der Waals surface area (Å²) < 4.78 is 46.5. The summed E-state index contributed by atoms with van der Waals surface area (Å²) in [4.78, 5) is 0.253. The fourth-order valence-electron chi connectivity index (χ4n) is 3.20. The highest BCUT2D eigenvalue weighted by Crippen LogP contribution is 2.27. The van der Waals surface area contributed by atoms with Crippen LogP contribution in [0.5, 0.6) is 5.75 Å². The predicted octanol–water partition coefficient (Wildman–Crippen LogP) is 2.65. The number of benzene rings is 1. The summed E-state index contributed by atoms with van der Waals surface area (Å²) in [6.07, 6.45) is 1.60. The van der Waals surface area contributed by atoms with E-state index in [1.54, 1.807) is 32.0 Å². The van der Waals surface area contributed by atoms with E-state index in [0.29, 0.717) is 24.5 Å². The van der Waals surface area contributed by atoms with Gasteiger partial charge in [-0.2, -0.15) is 9.40 Å². The Hall–Kier alpha value is -1.93. The van der Waals surface area contributed by atoms with Gasteiger partial charge < -0.3 is 4.74 Å². The fraction of sp³-hybridized carbons (Fsp3) is 0.471. The molecule has 0 amide bonds. The van der Waals surface area contributed by atoms with Crippen molar-refractivity contribution in [2.45, 2.75) is 31.6 Å². The van der Waals surface area contributed by atoms with Crippen molar-refractivity contribution in [1.29, 1.82) is 0 Å². The maximum absolute atomic E-state index is 13.6. The second-order valence-corrected chi connectivity index (χ2v) is 8.25. The molecular formula is C17H22FN3O3S. The number of aromatic nitrogens is 2. The first kappa shape index (κ1) is 17.9. The van der Waals surface area contributed by atoms with Crippen molar-refractivity contribution in [2.24, 2.45) is 5.92 Å². The Labute approximate surface area is 147 Å². The molecule has 3 rings (SSSR count). The van der Waals surface area contributed by atoms with Gasteiger partial charge in [0.2, 0.25) is 10.0 Å². The zero-order valence-electron chi connectivity index (χ0n) is 14.3. The Morgan fingerprint density at radius 2 is 2.12 bits per heavy atom. The molecule has 1 aliphatic rings. The van der Waals surface area contributed by atoms with Crippen molar-refractivity contribution in [3.8, 4) is 5.75 Å². The Morgan fingerprint density at radius 1 is 1.36 bits per heavy atom. The van der Waals surface area contributed by atoms with Crippen LogP contribution in [0, 0.1) is 25.6 Å². The van der Waals surface area contributed by atoms with Crippen molar-refractivity contribution in [1.82, 2.24) is 14.5 Å². The van der Waals surface area contributed by atoms with Crippen molar-refractivity contribution in [2.75, 3.05) is 19.7 Å². The molecule has 1 fully saturated rings. The van der Waals surface area contributed by atoms with Gasteiger partial charge in [-0.05, 0) is 38.8 Å². The number of sulfonamides is 1. The lowest BCUT2D eigenvalue weighted by Crippen LogP contribution is -2.41. The van der Waals surface area contributed by atoms with Gasteiger partial charge in [0.25, 0.3) is 0 Å². The maximum atomic E-state index is 13.6. The third-order valence-electron chi connectivity index (χ3n) is 4.45. The molecule has 0 unspecified atom stereocenters. The summed E-state index contributed by atoms with van der Waals surface area (Å²) in [5, 5.41) is 6.71. The normalized spacial score (nSPS) is 19.1. The first-order valence-electron chi connectivity index (χ1n) is 8.28. The zero-order chi connectivity index (χ0) is 18.0. The van der Waals surface area contributed by atoms with E-state index in [9.17, 15) is 12.8 Å². The molecule has 0 saturated carbocycles. The van der Waals surface area contributed by atoms with Crippen LogP contribution in [0.25, 0.3) is 0 Å². The number of piperidine rings is 1. The lowest BCUT2D eigenvalue weighted by Gasteiger charge is -2.31. The standard InChI is InChI=1S/C17H22FN3O3S/c1-12-17(13(2)20-19-12)25(22,23)21-9-5-6-14(10-21)11-24-16-8-4-3-7-15(16)18/h3-4,7-8,14H,5-6,9-11H2,1-2H3,(H,19,20)/t14-/m0/s1. The second-order valence-electron chi connectivity index (χ2n) is 6.38. The smallest absolute Gasteiger partial charge is 0.246 e. The van der Waals surface area contributed by atoms with Gasteiger partial charge >= 0.3 is 0 Å². The quantitative estimate of drug-likeness (QED) is 0.882. The molecule has 1 atom stereocenters. The molecule has 2 aromatic rings. The Bertz CT molecular complexity index is 831. The fourth-order valence-corrected chi connectivity index (χ4v) is 5.09. The average molecular weight is 367 g/mol. The number of aryl methyl sites for hydroxylation is 2. The molecule has 0 aliphatic carbocycles. The van der Waals surface area contributed by atoms with E-state index in [1.807, 2.05) is 0 Å². The predicted molar refractivity (Wildman–Crippen MR) is 91.4 cm³/mol. The lowest BCUT2D eigenvalue weighted by atomic mass is 10.0. The molecule has 136 valence electrons. The van der Waals surface area contributed by atoms with Gasteiger partial charge in [-0.1, -0.05) is 12.1 Å². The molecule has 1 aromatic carbocycles. The molecule has 0 spiro atoms. The summed E-state index contributed by atoms with van der Waals surface area (Å²) in [5.74, 6) is -0.188. The maximum Gasteiger partial charge on any atom is 0.246 e. The van der Waals surface area contributed by atoms with E-state index in [0.717, 1.165) is 12.8 Å². The minimum atomic E-state index is -3.59. The van der Waals surface area contributed by atoms with Gasteiger partial charge in [0.1, 0.15) is 4.90 Å². The van der Waals surface area contributed by atoms with Crippen molar-refractivity contribution in [3.05, 3.63) is 41.5 Å². The number of aromatic amines is 1. The van der Waals surface area contributed by atoms with Gasteiger partial charge in [-0.3, -0.25) is 5.10 Å². The van der Waals surface area contributed by atoms with E-state index in [-0.39, 0.29) is 23.2 Å². The minimum absolute atomic E-state index is 0.0237. The highest BCUT2D eigenvalue weighted by molar-refractivity contribution is 7.89. The van der Waals surface area contributed by atoms with Crippen LogP contribution in [0.1, 0.15) is 24.2 Å². The van der Waals surface area contributed by atoms with E-state index in [4.69, 9.17) is 4.74 Å². The number of ether oxygens (including phenoxy) is 1. The Kier molecular flexibility index (Phi) is 5.10. The summed E-state index contributed by atoms with van der Waals surface area (Å²) in [6.45, 7) is 4.51. The molecule has 1 aromatic heterocycles. The molecular weight excluding hydrogens is 345 g/mol. The van der Waals surface area contributed by atoms with Crippen LogP contribution >= 0.6 is 0 Å². The van der Waals surface area contributed by atoms with Crippen molar-refractivity contribution in [3.63, 3.8) is 0 Å². The molecule has 1 saturated heterocycles. The highest BCUT2D eigenvalue weighted by Gasteiger charge is 2.33. The molecule has 0 bridgehead atoms. The third-order valence-corrected chi connectivity index (χ3v) is 6.58. The van der Waals surface area contributed by atoms with Gasteiger partial charge in [-0.25, -0.2) is 12.8 Å². The summed E-state index contributed by atoms with van der Waals surface area (Å²) in [5.41, 5.74) is 1.02. The van der Waals surface area contributed by atoms with Gasteiger partial charge in [0.15, 0.2) is 11.6 Å². The molecule has 1 N–H and O–H groups in total. The van der Waals surface area contributed by atoms with Gasteiger partial charge in [0.05, 0.1) is 18.0 Å². The van der Waals surface area contributed by atoms with Crippen LogP contribution in [-0.2, 0) is 10.0 Å². The topological polar surface area (TPSA) is 75.3 Å². The van der Waals surface area contributed by atoms with Gasteiger partial charge in [-0.15, -0.1) is 0 Å². The second kappa shape index (κ2) is 7.13. The zero-order valence-corrected chi connectivity index (χ0v) is 15.1. The molecule has 8 heteroatoms. The van der Waals surface area contributed by atoms with Crippen molar-refractivity contribution < 1.29 is 17.5 Å². The summed E-state index contributed by atoms with van der Waals surface area (Å²) in [6, 6.07) is 6.23. The van der Waals surface area contributed by atoms with E-state index in [1.165, 1.54) is 10.4 Å². The Balaban J connectivity index is 1.70. The van der Waals surface area contributed by atoms with Crippen LogP contribution in [0.15, 0.2) is 29.2 Å². The van der Waals surface area contributed by atoms with Crippen LogP contribution in [0.4, 0.5) is 4.39 Å². The first-order valence-corrected chi connectivity index (χ1v) is 9.72. The van der Waals surface area contributed by atoms with E-state index in [2.05, 4.69) is 10.2 Å². The monoisotopic (exact) mass is 367 g/mol. The van der Waals surface area contributed by atoms with Crippen LogP contribution in [0.3, 0.4) is 0 Å². The van der Waals surface area contributed by atoms with Crippen LogP contribution in [0.2, 0.25) is 0 Å². The molecule has 0 radical (unpaired) electrons. The highest BCUT2D eigenvalue weighted by atomic mass is 32.2. The number of nitrogens with zero attached hydrogens (tertiary/aromatic N) is 2. The number of halogens is 1. The molecule has 6 nitrogen and oxygen atoms in total. The van der Waals surface area contributed by atoms with Crippen LogP contribution in [-0.4, -0.2) is 42.6 Å². The van der Waals surface area contributed by atoms with Crippen molar-refractivity contribution >= 4 is 10.0 Å². The third kappa shape index (κ3) is 3.69. The van der Waals surface area contributed by atoms with E-state index < -0.39 is 15.8 Å². The summed E-state index contributed by atoms with van der Waals surface area (Å²) in [7, 11) is -3.59. The number of rotatable bonds is 5. The number of hydrogen-bond acceptors (Lipinski definition) is 4. The average Bonchev–Trinajstić information content (AvgIpc) is 2.94. The molecule has 2 heterocycles. The number of para-hydroxylation sites is 1. The lowest BCUT2D eigenvalue weighted by molar-refractivity contribution is 0.176. The Morgan fingerprint density at radius 3 is 2.80 bits per heavy atom. The SMILES string of the molecule is Cc1n[nH]c(C)c1S(=O)(=O)N1CCC[C@H](COc2ccccc2F)C1. The van der Waals surface area contributed by atoms with E-state index >= 15 is 0 Å². The number of H-pyrrole nitrogens is 1. The molecule has 1 aliphatic heterocycles. The first-order chi connectivity index (χ1) is 11.9. The molecule has 25 heavy (non-hydrogen) atoms. The number of hydrogen-bond donors (Lipinski definition) is 1. The van der Waals surface area contributed by atoms with Gasteiger partial charge in [0, 0.05) is 19.0 Å². The number of nitrogens with one attached hydrogen (secondary N) is 1.